The second-order valence-corrected chi connectivity index (χ2v) is 6.76. The maximum atomic E-state index is 13.2. The molecule has 1 unspecified atom stereocenters. The fraction of sp³-hybridized carbons (Fsp3) is 0.250. The molecule has 27 heavy (non-hydrogen) atoms. The molecule has 6 nitrogen and oxygen atoms in total. The van der Waals surface area contributed by atoms with Crippen molar-refractivity contribution in [3.05, 3.63) is 64.7 Å². The number of hydrogen-bond acceptors (Lipinski definition) is 5. The van der Waals surface area contributed by atoms with Gasteiger partial charge < -0.3 is 14.7 Å². The lowest BCUT2D eigenvalue weighted by Gasteiger charge is -2.29. The van der Waals surface area contributed by atoms with Gasteiger partial charge in [-0.25, -0.2) is 0 Å². The molecule has 0 fully saturated rings. The number of halogens is 1. The zero-order chi connectivity index (χ0) is 19.6. The third kappa shape index (κ3) is 3.59. The highest BCUT2D eigenvalue weighted by atomic mass is 35.5. The van der Waals surface area contributed by atoms with Crippen molar-refractivity contribution in [2.75, 3.05) is 25.2 Å². The minimum Gasteiger partial charge on any atom is -0.463 e. The highest BCUT2D eigenvalue weighted by molar-refractivity contribution is 6.32. The Labute approximate surface area is 162 Å². The molecule has 0 saturated carbocycles. The van der Waals surface area contributed by atoms with E-state index in [0.29, 0.717) is 22.0 Å². The van der Waals surface area contributed by atoms with Gasteiger partial charge in [-0.3, -0.25) is 14.6 Å². The highest BCUT2D eigenvalue weighted by Gasteiger charge is 2.44. The standard InChI is InChI=1S/C20H19ClN2O4/c1-13(25)27-12-20(11-24)19(26)23(2)17-9-8-15(21)10-16(17)18(22-20)14-6-4-3-5-7-14/h3-10,24H,11-12H2,1-2H3. The average Bonchev–Trinajstić information content (AvgIpc) is 2.76. The summed E-state index contributed by atoms with van der Waals surface area (Å²) in [7, 11) is 1.59. The number of rotatable bonds is 4. The topological polar surface area (TPSA) is 79.2 Å². The number of esters is 1. The predicted molar refractivity (Wildman–Crippen MR) is 103 cm³/mol. The van der Waals surface area contributed by atoms with Crippen molar-refractivity contribution >= 4 is 34.9 Å². The van der Waals surface area contributed by atoms with Crippen LogP contribution in [0.4, 0.5) is 5.69 Å². The number of likely N-dealkylation sites (N-methyl/N-ethyl adjacent to an activating group) is 1. The largest absolute Gasteiger partial charge is 0.463 e. The van der Waals surface area contributed by atoms with Crippen LogP contribution in [0.1, 0.15) is 18.1 Å². The first kappa shape index (κ1) is 19.1. The van der Waals surface area contributed by atoms with Crippen LogP contribution in [0.15, 0.2) is 53.5 Å². The van der Waals surface area contributed by atoms with Gasteiger partial charge in [0.15, 0.2) is 5.54 Å². The summed E-state index contributed by atoms with van der Waals surface area (Å²) in [5.74, 6) is -1.03. The van der Waals surface area contributed by atoms with Gasteiger partial charge in [0.2, 0.25) is 0 Å². The summed E-state index contributed by atoms with van der Waals surface area (Å²) in [6.07, 6.45) is 0. The van der Waals surface area contributed by atoms with Crippen molar-refractivity contribution in [3.8, 4) is 0 Å². The Morgan fingerprint density at radius 1 is 1.26 bits per heavy atom. The van der Waals surface area contributed by atoms with E-state index < -0.39 is 24.0 Å². The minimum atomic E-state index is -1.64. The van der Waals surface area contributed by atoms with Crippen molar-refractivity contribution in [1.82, 2.24) is 0 Å². The van der Waals surface area contributed by atoms with E-state index in [-0.39, 0.29) is 6.61 Å². The monoisotopic (exact) mass is 386 g/mol. The van der Waals surface area contributed by atoms with Crippen LogP contribution >= 0.6 is 11.6 Å². The Kier molecular flexibility index (Phi) is 5.30. The van der Waals surface area contributed by atoms with Gasteiger partial charge in [0, 0.05) is 30.1 Å². The maximum absolute atomic E-state index is 13.2. The molecule has 1 aliphatic heterocycles. The predicted octanol–water partition coefficient (Wildman–Crippen LogP) is 2.45. The molecular formula is C20H19ClN2O4. The number of benzene rings is 2. The van der Waals surface area contributed by atoms with Crippen LogP contribution in [0.25, 0.3) is 0 Å². The van der Waals surface area contributed by atoms with E-state index in [1.807, 2.05) is 30.3 Å². The molecule has 1 aliphatic rings. The van der Waals surface area contributed by atoms with Crippen molar-refractivity contribution in [1.29, 1.82) is 0 Å². The van der Waals surface area contributed by atoms with Gasteiger partial charge in [-0.05, 0) is 18.2 Å². The van der Waals surface area contributed by atoms with E-state index in [2.05, 4.69) is 4.99 Å². The van der Waals surface area contributed by atoms with Crippen LogP contribution in [0, 0.1) is 0 Å². The molecule has 0 bridgehead atoms. The maximum Gasteiger partial charge on any atom is 0.302 e. The van der Waals surface area contributed by atoms with Gasteiger partial charge >= 0.3 is 5.97 Å². The van der Waals surface area contributed by atoms with Crippen LogP contribution < -0.4 is 4.90 Å². The van der Waals surface area contributed by atoms with Crippen molar-refractivity contribution < 1.29 is 19.4 Å². The number of amides is 1. The molecule has 1 N–H and O–H groups in total. The van der Waals surface area contributed by atoms with Crippen molar-refractivity contribution in [2.24, 2.45) is 4.99 Å². The molecule has 140 valence electrons. The first-order valence-corrected chi connectivity index (χ1v) is 8.73. The number of fused-ring (bicyclic) bond motifs is 1. The second kappa shape index (κ2) is 7.50. The molecule has 0 aliphatic carbocycles. The van der Waals surface area contributed by atoms with E-state index in [4.69, 9.17) is 16.3 Å². The van der Waals surface area contributed by atoms with E-state index in [1.165, 1.54) is 11.8 Å². The average molecular weight is 387 g/mol. The molecule has 0 saturated heterocycles. The number of hydrogen-bond donors (Lipinski definition) is 1. The second-order valence-electron chi connectivity index (χ2n) is 6.32. The lowest BCUT2D eigenvalue weighted by atomic mass is 9.99. The van der Waals surface area contributed by atoms with E-state index in [9.17, 15) is 14.7 Å². The summed E-state index contributed by atoms with van der Waals surface area (Å²) in [5, 5.41) is 10.6. The smallest absolute Gasteiger partial charge is 0.302 e. The molecule has 0 aromatic heterocycles. The lowest BCUT2D eigenvalue weighted by Crippen LogP contribution is -2.52. The summed E-state index contributed by atoms with van der Waals surface area (Å²) in [4.78, 5) is 30.5. The third-order valence-electron chi connectivity index (χ3n) is 4.43. The van der Waals surface area contributed by atoms with Gasteiger partial charge in [0.25, 0.3) is 5.91 Å². The molecule has 2 aromatic carbocycles. The number of ether oxygens (including phenoxy) is 1. The summed E-state index contributed by atoms with van der Waals surface area (Å²) >= 11 is 6.20. The molecular weight excluding hydrogens is 368 g/mol. The molecule has 0 radical (unpaired) electrons. The van der Waals surface area contributed by atoms with Crippen LogP contribution in [0.2, 0.25) is 5.02 Å². The number of benzodiazepines with no additional fused rings is 1. The third-order valence-corrected chi connectivity index (χ3v) is 4.66. The van der Waals surface area contributed by atoms with Crippen LogP contribution in [-0.2, 0) is 14.3 Å². The number of carbonyl (C=O) groups excluding carboxylic acids is 2. The van der Waals surface area contributed by atoms with Crippen LogP contribution in [-0.4, -0.2) is 48.5 Å². The minimum absolute atomic E-state index is 0.361. The van der Waals surface area contributed by atoms with Gasteiger partial charge in [-0.2, -0.15) is 0 Å². The Morgan fingerprint density at radius 3 is 2.59 bits per heavy atom. The summed E-state index contributed by atoms with van der Waals surface area (Å²) < 4.78 is 5.08. The fourth-order valence-corrected chi connectivity index (χ4v) is 3.19. The van der Waals surface area contributed by atoms with E-state index in [1.54, 1.807) is 25.2 Å². The number of carbonyl (C=O) groups is 2. The number of aliphatic hydroxyl groups is 1. The number of aliphatic hydroxyl groups excluding tert-OH is 1. The van der Waals surface area contributed by atoms with Gasteiger partial charge in [-0.1, -0.05) is 41.9 Å². The number of aliphatic imine (C=N–C) groups is 1. The lowest BCUT2D eigenvalue weighted by molar-refractivity contribution is -0.145. The fourth-order valence-electron chi connectivity index (χ4n) is 3.01. The summed E-state index contributed by atoms with van der Waals surface area (Å²) in [5.41, 5.74) is 0.863. The molecule has 7 heteroatoms. The summed E-state index contributed by atoms with van der Waals surface area (Å²) in [6.45, 7) is 0.272. The highest BCUT2D eigenvalue weighted by Crippen LogP contribution is 2.33. The Hall–Kier alpha value is -2.70. The molecule has 2 aromatic rings. The molecule has 3 rings (SSSR count). The molecule has 1 amide bonds. The van der Waals surface area contributed by atoms with Gasteiger partial charge in [0.05, 0.1) is 18.0 Å². The Balaban J connectivity index is 2.28. The SMILES string of the molecule is CC(=O)OCC1(CO)N=C(c2ccccc2)c2cc(Cl)ccc2N(C)C1=O. The Morgan fingerprint density at radius 2 is 1.96 bits per heavy atom. The van der Waals surface area contributed by atoms with Crippen molar-refractivity contribution in [3.63, 3.8) is 0 Å². The van der Waals surface area contributed by atoms with Crippen molar-refractivity contribution in [2.45, 2.75) is 12.5 Å². The molecule has 1 heterocycles. The molecule has 1 atom stereocenters. The number of anilines is 1. The summed E-state index contributed by atoms with van der Waals surface area (Å²) in [6, 6.07) is 14.4. The van der Waals surface area contributed by atoms with Gasteiger partial charge in [-0.15, -0.1) is 0 Å². The van der Waals surface area contributed by atoms with Crippen LogP contribution in [0.3, 0.4) is 0 Å². The first-order chi connectivity index (χ1) is 12.9. The Bertz CT molecular complexity index is 913. The zero-order valence-corrected chi connectivity index (χ0v) is 15.7. The quantitative estimate of drug-likeness (QED) is 0.818. The van der Waals surface area contributed by atoms with E-state index >= 15 is 0 Å². The molecule has 0 spiro atoms. The first-order valence-electron chi connectivity index (χ1n) is 8.35. The normalized spacial score (nSPS) is 19.2. The number of nitrogens with zero attached hydrogens (tertiary/aromatic N) is 2. The van der Waals surface area contributed by atoms with Crippen LogP contribution in [0.5, 0.6) is 0 Å². The van der Waals surface area contributed by atoms with Gasteiger partial charge in [0.1, 0.15) is 6.61 Å². The zero-order valence-electron chi connectivity index (χ0n) is 15.0. The van der Waals surface area contributed by atoms with E-state index in [0.717, 1.165) is 5.56 Å².